The summed E-state index contributed by atoms with van der Waals surface area (Å²) in [5, 5.41) is 10.7. The molecule has 0 saturated carbocycles. The molecule has 2 atom stereocenters. The number of aliphatic hydroxyl groups excluding tert-OH is 1. The Morgan fingerprint density at radius 2 is 1.63 bits per heavy atom. The summed E-state index contributed by atoms with van der Waals surface area (Å²) in [6.07, 6.45) is -1.14. The lowest BCUT2D eigenvalue weighted by atomic mass is 10.00. The van der Waals surface area contributed by atoms with Crippen LogP contribution in [0.15, 0.2) is 54.6 Å². The van der Waals surface area contributed by atoms with Gasteiger partial charge in [0.1, 0.15) is 6.10 Å². The number of halogens is 2. The molecule has 0 saturated heterocycles. The number of hydrogen-bond acceptors (Lipinski definition) is 2. The molecule has 2 aromatic carbocycles. The molecule has 0 bridgehead atoms. The summed E-state index contributed by atoms with van der Waals surface area (Å²) >= 11 is 9.14. The fraction of sp³-hybridized carbons (Fsp3) is 0.133. The molecular weight excluding hydrogens is 328 g/mol. The first-order chi connectivity index (χ1) is 9.09. The van der Waals surface area contributed by atoms with Crippen molar-refractivity contribution in [1.29, 1.82) is 0 Å². The van der Waals surface area contributed by atoms with Crippen molar-refractivity contribution < 1.29 is 9.90 Å². The average Bonchev–Trinajstić information content (AvgIpc) is 2.46. The van der Waals surface area contributed by atoms with Crippen molar-refractivity contribution in [3.8, 4) is 0 Å². The number of alkyl halides is 1. The summed E-state index contributed by atoms with van der Waals surface area (Å²) in [6.45, 7) is 0. The smallest absolute Gasteiger partial charge is 0.192 e. The Morgan fingerprint density at radius 3 is 2.21 bits per heavy atom. The van der Waals surface area contributed by atoms with Crippen LogP contribution in [0.5, 0.6) is 0 Å². The second-order valence-electron chi connectivity index (χ2n) is 4.13. The van der Waals surface area contributed by atoms with E-state index in [9.17, 15) is 9.90 Å². The van der Waals surface area contributed by atoms with Gasteiger partial charge in [-0.05, 0) is 29.8 Å². The largest absolute Gasteiger partial charge is 0.383 e. The van der Waals surface area contributed by atoms with Crippen LogP contribution in [0.4, 0.5) is 0 Å². The van der Waals surface area contributed by atoms with Gasteiger partial charge >= 0.3 is 0 Å². The van der Waals surface area contributed by atoms with E-state index in [0.717, 1.165) is 5.56 Å². The highest BCUT2D eigenvalue weighted by molar-refractivity contribution is 9.09. The minimum absolute atomic E-state index is 0.331. The zero-order chi connectivity index (χ0) is 13.8. The zero-order valence-corrected chi connectivity index (χ0v) is 12.3. The third-order valence-electron chi connectivity index (χ3n) is 2.79. The van der Waals surface area contributed by atoms with Crippen LogP contribution < -0.4 is 0 Å². The zero-order valence-electron chi connectivity index (χ0n) is 9.96. The van der Waals surface area contributed by atoms with E-state index in [0.29, 0.717) is 10.6 Å². The summed E-state index contributed by atoms with van der Waals surface area (Å²) in [6, 6.07) is 15.8. The molecule has 2 rings (SSSR count). The molecule has 0 heterocycles. The summed E-state index contributed by atoms with van der Waals surface area (Å²) in [5.74, 6) is -0.331. The van der Waals surface area contributed by atoms with E-state index in [4.69, 9.17) is 11.6 Å². The number of benzene rings is 2. The molecule has 0 aromatic heterocycles. The van der Waals surface area contributed by atoms with Gasteiger partial charge in [-0.25, -0.2) is 0 Å². The maximum atomic E-state index is 12.1. The quantitative estimate of drug-likeness (QED) is 0.675. The van der Waals surface area contributed by atoms with Crippen molar-refractivity contribution >= 4 is 33.3 Å². The standard InChI is InChI=1S/C15H12BrClO2/c16-13(10-4-2-1-3-5-10)15(19)14(18)11-6-8-12(17)9-7-11/h1-9,13,15,19H/t13-,15-/m1/s1. The van der Waals surface area contributed by atoms with Crippen LogP contribution in [-0.2, 0) is 0 Å². The van der Waals surface area contributed by atoms with Crippen LogP contribution in [0.2, 0.25) is 5.02 Å². The molecule has 98 valence electrons. The number of rotatable bonds is 4. The topological polar surface area (TPSA) is 37.3 Å². The maximum Gasteiger partial charge on any atom is 0.192 e. The van der Waals surface area contributed by atoms with Crippen LogP contribution in [0.25, 0.3) is 0 Å². The molecule has 19 heavy (non-hydrogen) atoms. The summed E-state index contributed by atoms with van der Waals surface area (Å²) in [5.41, 5.74) is 1.30. The van der Waals surface area contributed by atoms with Crippen LogP contribution in [0.1, 0.15) is 20.7 Å². The van der Waals surface area contributed by atoms with Crippen LogP contribution >= 0.6 is 27.5 Å². The van der Waals surface area contributed by atoms with E-state index in [-0.39, 0.29) is 5.78 Å². The van der Waals surface area contributed by atoms with E-state index in [1.165, 1.54) is 0 Å². The molecule has 0 amide bonds. The van der Waals surface area contributed by atoms with E-state index >= 15 is 0 Å². The van der Waals surface area contributed by atoms with Gasteiger partial charge in [0.15, 0.2) is 5.78 Å². The van der Waals surface area contributed by atoms with Crippen LogP contribution in [0.3, 0.4) is 0 Å². The summed E-state index contributed by atoms with van der Waals surface area (Å²) in [7, 11) is 0. The highest BCUT2D eigenvalue weighted by Gasteiger charge is 2.26. The normalized spacial score (nSPS) is 13.8. The van der Waals surface area contributed by atoms with E-state index in [1.807, 2.05) is 30.3 Å². The first-order valence-corrected chi connectivity index (χ1v) is 7.06. The number of aliphatic hydroxyl groups is 1. The lowest BCUT2D eigenvalue weighted by Gasteiger charge is -2.16. The summed E-state index contributed by atoms with van der Waals surface area (Å²) < 4.78 is 0. The van der Waals surface area contributed by atoms with Gasteiger partial charge in [-0.1, -0.05) is 57.9 Å². The molecule has 0 unspecified atom stereocenters. The Kier molecular flexibility index (Phi) is 4.75. The Morgan fingerprint density at radius 1 is 1.05 bits per heavy atom. The second-order valence-corrected chi connectivity index (χ2v) is 5.55. The van der Waals surface area contributed by atoms with Crippen molar-refractivity contribution in [2.75, 3.05) is 0 Å². The predicted molar refractivity (Wildman–Crippen MR) is 79.9 cm³/mol. The molecule has 0 fully saturated rings. The lowest BCUT2D eigenvalue weighted by Crippen LogP contribution is -2.25. The van der Waals surface area contributed by atoms with Crippen molar-refractivity contribution in [2.45, 2.75) is 10.9 Å². The number of Topliss-reactive ketones (excluding diaryl/α,β-unsaturated/α-hetero) is 1. The van der Waals surface area contributed by atoms with Crippen LogP contribution in [0, 0.1) is 0 Å². The molecule has 0 aliphatic heterocycles. The minimum atomic E-state index is -1.14. The van der Waals surface area contributed by atoms with Gasteiger partial charge in [0.05, 0.1) is 4.83 Å². The first-order valence-electron chi connectivity index (χ1n) is 5.76. The summed E-state index contributed by atoms with van der Waals surface area (Å²) in [4.78, 5) is 11.7. The Bertz CT molecular complexity index is 554. The highest BCUT2D eigenvalue weighted by atomic mass is 79.9. The third kappa shape index (κ3) is 3.44. The van der Waals surface area contributed by atoms with Crippen molar-refractivity contribution in [2.24, 2.45) is 0 Å². The van der Waals surface area contributed by atoms with Crippen LogP contribution in [-0.4, -0.2) is 17.0 Å². The fourth-order valence-electron chi connectivity index (χ4n) is 1.74. The van der Waals surface area contributed by atoms with E-state index in [1.54, 1.807) is 24.3 Å². The molecular formula is C15H12BrClO2. The average molecular weight is 340 g/mol. The Labute approximate surface area is 125 Å². The number of ketones is 1. The number of hydrogen-bond donors (Lipinski definition) is 1. The van der Waals surface area contributed by atoms with Gasteiger partial charge < -0.3 is 5.11 Å². The minimum Gasteiger partial charge on any atom is -0.383 e. The van der Waals surface area contributed by atoms with E-state index < -0.39 is 10.9 Å². The second kappa shape index (κ2) is 6.33. The molecule has 2 aromatic rings. The monoisotopic (exact) mass is 338 g/mol. The van der Waals surface area contributed by atoms with Crippen molar-refractivity contribution in [1.82, 2.24) is 0 Å². The van der Waals surface area contributed by atoms with Gasteiger partial charge in [0.2, 0.25) is 0 Å². The predicted octanol–water partition coefficient (Wildman–Crippen LogP) is 4.02. The molecule has 4 heteroatoms. The van der Waals surface area contributed by atoms with Gasteiger partial charge in [-0.15, -0.1) is 0 Å². The van der Waals surface area contributed by atoms with Gasteiger partial charge in [0, 0.05) is 10.6 Å². The Balaban J connectivity index is 2.17. The highest BCUT2D eigenvalue weighted by Crippen LogP contribution is 2.28. The number of carbonyl (C=O) groups excluding carboxylic acids is 1. The van der Waals surface area contributed by atoms with Crippen molar-refractivity contribution in [3.63, 3.8) is 0 Å². The van der Waals surface area contributed by atoms with Gasteiger partial charge in [-0.3, -0.25) is 4.79 Å². The van der Waals surface area contributed by atoms with Crippen molar-refractivity contribution in [3.05, 3.63) is 70.7 Å². The first kappa shape index (κ1) is 14.3. The maximum absolute atomic E-state index is 12.1. The van der Waals surface area contributed by atoms with Gasteiger partial charge in [-0.2, -0.15) is 0 Å². The molecule has 0 aliphatic carbocycles. The number of carbonyl (C=O) groups is 1. The lowest BCUT2D eigenvalue weighted by molar-refractivity contribution is 0.0746. The molecule has 2 nitrogen and oxygen atoms in total. The fourth-order valence-corrected chi connectivity index (χ4v) is 2.41. The van der Waals surface area contributed by atoms with E-state index in [2.05, 4.69) is 15.9 Å². The molecule has 1 N–H and O–H groups in total. The molecule has 0 aliphatic rings. The third-order valence-corrected chi connectivity index (χ3v) is 4.07. The SMILES string of the molecule is O=C(c1ccc(Cl)cc1)[C@H](O)[C@H](Br)c1ccccc1. The Hall–Kier alpha value is -1.16. The molecule has 0 radical (unpaired) electrons. The molecule has 0 spiro atoms. The van der Waals surface area contributed by atoms with Gasteiger partial charge in [0.25, 0.3) is 0 Å².